The van der Waals surface area contributed by atoms with Crippen LogP contribution in [0.3, 0.4) is 0 Å². The van der Waals surface area contributed by atoms with Gasteiger partial charge in [-0.25, -0.2) is 0 Å². The second kappa shape index (κ2) is 7.39. The molecule has 3 heteroatoms. The maximum absolute atomic E-state index is 12.3. The maximum Gasteiger partial charge on any atom is 0.237 e. The molecule has 1 aliphatic rings. The predicted molar refractivity (Wildman–Crippen MR) is 81.9 cm³/mol. The van der Waals surface area contributed by atoms with E-state index in [1.165, 1.54) is 24.1 Å². The summed E-state index contributed by atoms with van der Waals surface area (Å²) in [6.45, 7) is 0.700. The Bertz CT molecular complexity index is 441. The van der Waals surface area contributed by atoms with Crippen LogP contribution in [-0.4, -0.2) is 22.8 Å². The van der Waals surface area contributed by atoms with Crippen molar-refractivity contribution < 1.29 is 4.79 Å². The van der Waals surface area contributed by atoms with Crippen LogP contribution in [-0.2, 0) is 11.3 Å². The van der Waals surface area contributed by atoms with Gasteiger partial charge in [-0.2, -0.15) is 11.8 Å². The highest BCUT2D eigenvalue weighted by atomic mass is 32.2. The third-order valence-electron chi connectivity index (χ3n) is 3.37. The average molecular weight is 275 g/mol. The molecule has 102 valence electrons. The third-order valence-corrected chi connectivity index (χ3v) is 3.90. The van der Waals surface area contributed by atoms with Crippen molar-refractivity contribution in [2.45, 2.75) is 32.2 Å². The number of nitrogens with zero attached hydrogens (tertiary/aromatic N) is 1. The highest BCUT2D eigenvalue weighted by molar-refractivity contribution is 7.99. The van der Waals surface area contributed by atoms with Gasteiger partial charge in [0.25, 0.3) is 0 Å². The lowest BCUT2D eigenvalue weighted by atomic mass is 10.0. The Morgan fingerprint density at radius 3 is 2.68 bits per heavy atom. The number of carbonyl (C=O) groups excluding carboxylic acids is 1. The molecule has 0 saturated carbocycles. The first-order valence-electron chi connectivity index (χ1n) is 6.83. The lowest BCUT2D eigenvalue weighted by molar-refractivity contribution is -0.127. The fourth-order valence-electron chi connectivity index (χ4n) is 2.38. The van der Waals surface area contributed by atoms with Crippen molar-refractivity contribution in [2.24, 2.45) is 0 Å². The number of hydrogen-bond acceptors (Lipinski definition) is 2. The lowest BCUT2D eigenvalue weighted by Crippen LogP contribution is -2.32. The zero-order valence-corrected chi connectivity index (χ0v) is 12.3. The van der Waals surface area contributed by atoms with E-state index in [9.17, 15) is 4.79 Å². The van der Waals surface area contributed by atoms with Crippen molar-refractivity contribution in [1.29, 1.82) is 0 Å². The second-order valence-corrected chi connectivity index (χ2v) is 5.71. The van der Waals surface area contributed by atoms with E-state index in [2.05, 4.69) is 18.2 Å². The summed E-state index contributed by atoms with van der Waals surface area (Å²) in [5, 5.41) is 0. The minimum atomic E-state index is 0.226. The summed E-state index contributed by atoms with van der Waals surface area (Å²) >= 11 is 1.59. The predicted octanol–water partition coefficient (Wildman–Crippen LogP) is 3.84. The molecule has 19 heavy (non-hydrogen) atoms. The SMILES string of the molecule is CSCC(=O)N(Cc1ccccc1)C1=CCCCC1. The van der Waals surface area contributed by atoms with Crippen molar-refractivity contribution in [1.82, 2.24) is 4.90 Å². The Labute approximate surface area is 119 Å². The summed E-state index contributed by atoms with van der Waals surface area (Å²) in [6.07, 6.45) is 8.81. The van der Waals surface area contributed by atoms with Crippen LogP contribution in [0, 0.1) is 0 Å². The molecule has 1 aliphatic carbocycles. The van der Waals surface area contributed by atoms with E-state index in [1.54, 1.807) is 11.8 Å². The number of allylic oxidation sites excluding steroid dienone is 2. The van der Waals surface area contributed by atoms with Crippen molar-refractivity contribution in [2.75, 3.05) is 12.0 Å². The van der Waals surface area contributed by atoms with Gasteiger partial charge in [-0.3, -0.25) is 4.79 Å². The molecule has 0 bridgehead atoms. The standard InChI is InChI=1S/C16H21NOS/c1-19-13-16(18)17(15-10-6-3-7-11-15)12-14-8-4-2-5-9-14/h2,4-5,8-10H,3,6-7,11-13H2,1H3. The van der Waals surface area contributed by atoms with Crippen molar-refractivity contribution in [3.05, 3.63) is 47.7 Å². The van der Waals surface area contributed by atoms with Crippen LogP contribution in [0.15, 0.2) is 42.1 Å². The summed E-state index contributed by atoms with van der Waals surface area (Å²) in [6, 6.07) is 10.2. The monoisotopic (exact) mass is 275 g/mol. The van der Waals surface area contributed by atoms with E-state index in [0.717, 1.165) is 12.8 Å². The minimum Gasteiger partial charge on any atom is -0.311 e. The molecule has 0 aromatic heterocycles. The Hall–Kier alpha value is -1.22. The number of thioether (sulfide) groups is 1. The van der Waals surface area contributed by atoms with Gasteiger partial charge in [0.1, 0.15) is 0 Å². The number of benzene rings is 1. The molecule has 0 aliphatic heterocycles. The van der Waals surface area contributed by atoms with Crippen LogP contribution in [0.1, 0.15) is 31.2 Å². The van der Waals surface area contributed by atoms with E-state index < -0.39 is 0 Å². The van der Waals surface area contributed by atoms with Crippen LogP contribution in [0.2, 0.25) is 0 Å². The highest BCUT2D eigenvalue weighted by Crippen LogP contribution is 2.23. The molecule has 0 saturated heterocycles. The van der Waals surface area contributed by atoms with Gasteiger partial charge in [-0.05, 0) is 37.5 Å². The quantitative estimate of drug-likeness (QED) is 0.814. The van der Waals surface area contributed by atoms with Crippen LogP contribution in [0.25, 0.3) is 0 Å². The molecular weight excluding hydrogens is 254 g/mol. The number of hydrogen-bond donors (Lipinski definition) is 0. The Morgan fingerprint density at radius 1 is 1.26 bits per heavy atom. The molecule has 1 amide bonds. The van der Waals surface area contributed by atoms with Gasteiger partial charge >= 0.3 is 0 Å². The van der Waals surface area contributed by atoms with Gasteiger partial charge in [-0.15, -0.1) is 0 Å². The maximum atomic E-state index is 12.3. The summed E-state index contributed by atoms with van der Waals surface area (Å²) < 4.78 is 0. The first-order chi connectivity index (χ1) is 9.31. The van der Waals surface area contributed by atoms with Gasteiger partial charge in [0, 0.05) is 5.70 Å². The average Bonchev–Trinajstić information content (AvgIpc) is 2.47. The van der Waals surface area contributed by atoms with Crippen LogP contribution < -0.4 is 0 Å². The van der Waals surface area contributed by atoms with E-state index >= 15 is 0 Å². The summed E-state index contributed by atoms with van der Waals surface area (Å²) in [5.74, 6) is 0.786. The van der Waals surface area contributed by atoms with Crippen LogP contribution in [0.5, 0.6) is 0 Å². The first kappa shape index (κ1) is 14.2. The normalized spacial score (nSPS) is 14.9. The fourth-order valence-corrected chi connectivity index (χ4v) is 2.79. The van der Waals surface area contributed by atoms with E-state index in [4.69, 9.17) is 0 Å². The molecular formula is C16H21NOS. The van der Waals surface area contributed by atoms with E-state index in [-0.39, 0.29) is 5.91 Å². The van der Waals surface area contributed by atoms with Gasteiger partial charge in [0.15, 0.2) is 0 Å². The largest absolute Gasteiger partial charge is 0.311 e. The van der Waals surface area contributed by atoms with Crippen LogP contribution in [0.4, 0.5) is 0 Å². The van der Waals surface area contributed by atoms with Gasteiger partial charge in [0.2, 0.25) is 5.91 Å². The summed E-state index contributed by atoms with van der Waals surface area (Å²) in [7, 11) is 0. The molecule has 0 atom stereocenters. The van der Waals surface area contributed by atoms with E-state index in [1.807, 2.05) is 29.4 Å². The topological polar surface area (TPSA) is 20.3 Å². The van der Waals surface area contributed by atoms with Gasteiger partial charge in [-0.1, -0.05) is 36.4 Å². The fraction of sp³-hybridized carbons (Fsp3) is 0.438. The molecule has 0 fully saturated rings. The van der Waals surface area contributed by atoms with Crippen molar-refractivity contribution >= 4 is 17.7 Å². The molecule has 1 aromatic carbocycles. The smallest absolute Gasteiger partial charge is 0.237 e. The molecule has 0 radical (unpaired) electrons. The molecule has 0 spiro atoms. The Kier molecular flexibility index (Phi) is 5.52. The number of carbonyl (C=O) groups is 1. The summed E-state index contributed by atoms with van der Waals surface area (Å²) in [5.41, 5.74) is 2.41. The summed E-state index contributed by atoms with van der Waals surface area (Å²) in [4.78, 5) is 14.3. The molecule has 0 N–H and O–H groups in total. The molecule has 0 heterocycles. The zero-order chi connectivity index (χ0) is 13.5. The van der Waals surface area contributed by atoms with E-state index in [0.29, 0.717) is 12.3 Å². The molecule has 2 rings (SSSR count). The molecule has 1 aromatic rings. The first-order valence-corrected chi connectivity index (χ1v) is 8.23. The van der Waals surface area contributed by atoms with Crippen molar-refractivity contribution in [3.8, 4) is 0 Å². The minimum absolute atomic E-state index is 0.226. The third kappa shape index (κ3) is 4.13. The second-order valence-electron chi connectivity index (χ2n) is 4.84. The van der Waals surface area contributed by atoms with Crippen molar-refractivity contribution in [3.63, 3.8) is 0 Å². The Balaban J connectivity index is 2.14. The number of rotatable bonds is 5. The zero-order valence-electron chi connectivity index (χ0n) is 11.5. The Morgan fingerprint density at radius 2 is 2.05 bits per heavy atom. The lowest BCUT2D eigenvalue weighted by Gasteiger charge is -2.27. The molecule has 0 unspecified atom stereocenters. The van der Waals surface area contributed by atoms with Gasteiger partial charge in [0.05, 0.1) is 12.3 Å². The molecule has 2 nitrogen and oxygen atoms in total. The van der Waals surface area contributed by atoms with Crippen LogP contribution >= 0.6 is 11.8 Å². The van der Waals surface area contributed by atoms with Gasteiger partial charge < -0.3 is 4.90 Å². The highest BCUT2D eigenvalue weighted by Gasteiger charge is 2.19. The number of amides is 1.